The van der Waals surface area contributed by atoms with Crippen LogP contribution in [0, 0.1) is 0 Å². The van der Waals surface area contributed by atoms with E-state index >= 15 is 0 Å². The summed E-state index contributed by atoms with van der Waals surface area (Å²) in [6, 6.07) is 7.96. The number of thioether (sulfide) groups is 1. The summed E-state index contributed by atoms with van der Waals surface area (Å²) < 4.78 is 3.05. The number of imidazole rings is 1. The molecule has 0 unspecified atom stereocenters. The van der Waals surface area contributed by atoms with Crippen LogP contribution in [0.3, 0.4) is 0 Å². The molecule has 2 rings (SSSR count). The fraction of sp³-hybridized carbons (Fsp3) is 0.286. The Kier molecular flexibility index (Phi) is 6.14. The summed E-state index contributed by atoms with van der Waals surface area (Å²) in [6.07, 6.45) is 6.37. The van der Waals surface area contributed by atoms with Crippen molar-refractivity contribution < 1.29 is 4.79 Å². The van der Waals surface area contributed by atoms with Crippen molar-refractivity contribution in [2.24, 2.45) is 0 Å². The number of benzene rings is 1. The summed E-state index contributed by atoms with van der Waals surface area (Å²) in [6.45, 7) is 1.57. The van der Waals surface area contributed by atoms with E-state index in [1.165, 1.54) is 0 Å². The third kappa shape index (κ3) is 5.38. The highest BCUT2D eigenvalue weighted by molar-refractivity contribution is 9.10. The molecule has 106 valence electrons. The zero-order valence-electron chi connectivity index (χ0n) is 11.0. The molecule has 0 atom stereocenters. The number of halogens is 1. The first-order valence-electron chi connectivity index (χ1n) is 6.35. The van der Waals surface area contributed by atoms with Crippen LogP contribution in [0.1, 0.15) is 6.42 Å². The van der Waals surface area contributed by atoms with Crippen molar-refractivity contribution in [2.75, 3.05) is 12.3 Å². The molecule has 1 aromatic heterocycles. The molecule has 0 bridgehead atoms. The Morgan fingerprint density at radius 1 is 1.35 bits per heavy atom. The van der Waals surface area contributed by atoms with Gasteiger partial charge in [-0.2, -0.15) is 0 Å². The summed E-state index contributed by atoms with van der Waals surface area (Å²) in [5, 5.41) is 2.92. The normalized spacial score (nSPS) is 10.4. The topological polar surface area (TPSA) is 46.9 Å². The van der Waals surface area contributed by atoms with Gasteiger partial charge in [-0.1, -0.05) is 15.9 Å². The summed E-state index contributed by atoms with van der Waals surface area (Å²) in [4.78, 5) is 16.8. The van der Waals surface area contributed by atoms with E-state index in [-0.39, 0.29) is 5.91 Å². The van der Waals surface area contributed by atoms with Crippen LogP contribution in [-0.4, -0.2) is 27.8 Å². The van der Waals surface area contributed by atoms with E-state index in [9.17, 15) is 4.79 Å². The van der Waals surface area contributed by atoms with Gasteiger partial charge < -0.3 is 9.88 Å². The number of carbonyl (C=O) groups excluding carboxylic acids is 1. The quantitative estimate of drug-likeness (QED) is 0.614. The zero-order chi connectivity index (χ0) is 14.2. The minimum Gasteiger partial charge on any atom is -0.355 e. The van der Waals surface area contributed by atoms with Crippen LogP contribution in [0.2, 0.25) is 0 Å². The SMILES string of the molecule is O=C(CSc1ccc(Br)cc1)NCCCn1ccnc1. The third-order valence-electron chi connectivity index (χ3n) is 2.66. The Hall–Kier alpha value is -1.27. The molecule has 0 fully saturated rings. The standard InChI is InChI=1S/C14H16BrN3OS/c15-12-2-4-13(5-3-12)20-10-14(19)17-6-1-8-18-9-7-16-11-18/h2-5,7,9,11H,1,6,8,10H2,(H,17,19). The second-order valence-electron chi connectivity index (χ2n) is 4.25. The van der Waals surface area contributed by atoms with Crippen molar-refractivity contribution in [1.29, 1.82) is 0 Å². The Labute approximate surface area is 131 Å². The van der Waals surface area contributed by atoms with Gasteiger partial charge in [0, 0.05) is 34.9 Å². The van der Waals surface area contributed by atoms with E-state index in [1.807, 2.05) is 35.0 Å². The molecule has 1 heterocycles. The van der Waals surface area contributed by atoms with Crippen molar-refractivity contribution in [3.8, 4) is 0 Å². The van der Waals surface area contributed by atoms with Gasteiger partial charge >= 0.3 is 0 Å². The third-order valence-corrected chi connectivity index (χ3v) is 4.20. The first-order valence-corrected chi connectivity index (χ1v) is 8.13. The molecule has 0 aliphatic rings. The van der Waals surface area contributed by atoms with Gasteiger partial charge in [0.2, 0.25) is 5.91 Å². The van der Waals surface area contributed by atoms with Crippen LogP contribution in [0.4, 0.5) is 0 Å². The lowest BCUT2D eigenvalue weighted by atomic mass is 10.4. The molecule has 1 aromatic carbocycles. The number of hydrogen-bond donors (Lipinski definition) is 1. The second kappa shape index (κ2) is 8.11. The fourth-order valence-electron chi connectivity index (χ4n) is 1.64. The molecular formula is C14H16BrN3OS. The molecule has 0 aliphatic heterocycles. The Morgan fingerprint density at radius 2 is 2.15 bits per heavy atom. The number of rotatable bonds is 7. The van der Waals surface area contributed by atoms with E-state index in [0.29, 0.717) is 12.3 Å². The monoisotopic (exact) mass is 353 g/mol. The summed E-state index contributed by atoms with van der Waals surface area (Å²) in [5.41, 5.74) is 0. The molecule has 6 heteroatoms. The second-order valence-corrected chi connectivity index (χ2v) is 6.21. The van der Waals surface area contributed by atoms with Crippen LogP contribution in [0.15, 0.2) is 52.4 Å². The predicted molar refractivity (Wildman–Crippen MR) is 84.7 cm³/mol. The maximum absolute atomic E-state index is 11.7. The van der Waals surface area contributed by atoms with Gasteiger partial charge in [0.15, 0.2) is 0 Å². The molecule has 0 saturated carbocycles. The number of carbonyl (C=O) groups is 1. The molecule has 4 nitrogen and oxygen atoms in total. The maximum Gasteiger partial charge on any atom is 0.230 e. The van der Waals surface area contributed by atoms with E-state index < -0.39 is 0 Å². The number of hydrogen-bond acceptors (Lipinski definition) is 3. The average Bonchev–Trinajstić information content (AvgIpc) is 2.96. The van der Waals surface area contributed by atoms with Gasteiger partial charge in [0.1, 0.15) is 0 Å². The van der Waals surface area contributed by atoms with Gasteiger partial charge in [0.05, 0.1) is 12.1 Å². The molecule has 1 N–H and O–H groups in total. The summed E-state index contributed by atoms with van der Waals surface area (Å²) in [7, 11) is 0. The van der Waals surface area contributed by atoms with E-state index in [0.717, 1.165) is 22.3 Å². The Balaban J connectivity index is 1.59. The van der Waals surface area contributed by atoms with E-state index in [2.05, 4.69) is 26.2 Å². The van der Waals surface area contributed by atoms with E-state index in [1.54, 1.807) is 24.3 Å². The van der Waals surface area contributed by atoms with Crippen LogP contribution < -0.4 is 5.32 Å². The van der Waals surface area contributed by atoms with Crippen LogP contribution >= 0.6 is 27.7 Å². The highest BCUT2D eigenvalue weighted by Crippen LogP contribution is 2.20. The van der Waals surface area contributed by atoms with Crippen LogP contribution in [0.5, 0.6) is 0 Å². The Bertz CT molecular complexity index is 528. The number of aryl methyl sites for hydroxylation is 1. The van der Waals surface area contributed by atoms with Gasteiger partial charge in [-0.25, -0.2) is 4.98 Å². The van der Waals surface area contributed by atoms with Gasteiger partial charge in [-0.05, 0) is 30.7 Å². The van der Waals surface area contributed by atoms with Gasteiger partial charge in [0.25, 0.3) is 0 Å². The molecule has 1 amide bonds. The number of amides is 1. The minimum atomic E-state index is 0.0727. The zero-order valence-corrected chi connectivity index (χ0v) is 13.4. The summed E-state index contributed by atoms with van der Waals surface area (Å²) >= 11 is 4.93. The van der Waals surface area contributed by atoms with Crippen molar-refractivity contribution in [2.45, 2.75) is 17.9 Å². The lowest BCUT2D eigenvalue weighted by Gasteiger charge is -2.06. The van der Waals surface area contributed by atoms with Gasteiger partial charge in [-0.15, -0.1) is 11.8 Å². The number of nitrogens with one attached hydrogen (secondary N) is 1. The molecule has 0 radical (unpaired) electrons. The van der Waals surface area contributed by atoms with Crippen LogP contribution in [0.25, 0.3) is 0 Å². The lowest BCUT2D eigenvalue weighted by Crippen LogP contribution is -2.26. The van der Waals surface area contributed by atoms with Crippen LogP contribution in [-0.2, 0) is 11.3 Å². The molecule has 2 aromatic rings. The molecule has 20 heavy (non-hydrogen) atoms. The van der Waals surface area contributed by atoms with Crippen molar-refractivity contribution in [3.63, 3.8) is 0 Å². The van der Waals surface area contributed by atoms with Crippen molar-refractivity contribution in [1.82, 2.24) is 14.9 Å². The first kappa shape index (κ1) is 15.1. The van der Waals surface area contributed by atoms with E-state index in [4.69, 9.17) is 0 Å². The highest BCUT2D eigenvalue weighted by Gasteiger charge is 2.02. The molecule has 0 aliphatic carbocycles. The molecular weight excluding hydrogens is 338 g/mol. The predicted octanol–water partition coefficient (Wildman–Crippen LogP) is 2.94. The largest absolute Gasteiger partial charge is 0.355 e. The van der Waals surface area contributed by atoms with Crippen molar-refractivity contribution >= 4 is 33.6 Å². The lowest BCUT2D eigenvalue weighted by molar-refractivity contribution is -0.118. The van der Waals surface area contributed by atoms with Gasteiger partial charge in [-0.3, -0.25) is 4.79 Å². The molecule has 0 saturated heterocycles. The average molecular weight is 354 g/mol. The highest BCUT2D eigenvalue weighted by atomic mass is 79.9. The Morgan fingerprint density at radius 3 is 2.85 bits per heavy atom. The number of nitrogens with zero attached hydrogens (tertiary/aromatic N) is 2. The smallest absolute Gasteiger partial charge is 0.230 e. The summed E-state index contributed by atoms with van der Waals surface area (Å²) in [5.74, 6) is 0.524. The maximum atomic E-state index is 11.7. The minimum absolute atomic E-state index is 0.0727. The number of aromatic nitrogens is 2. The molecule has 0 spiro atoms. The van der Waals surface area contributed by atoms with Crippen molar-refractivity contribution in [3.05, 3.63) is 47.5 Å². The fourth-order valence-corrected chi connectivity index (χ4v) is 2.63. The first-order chi connectivity index (χ1) is 9.74.